The minimum Gasteiger partial charge on any atom is -0.462 e. The Morgan fingerprint density at radius 1 is 0.558 bits per heavy atom. The predicted molar refractivity (Wildman–Crippen MR) is 201 cm³/mol. The van der Waals surface area contributed by atoms with Crippen LogP contribution in [0.4, 0.5) is 0 Å². The lowest BCUT2D eigenvalue weighted by Gasteiger charge is -2.58. The molecule has 8 aliphatic rings. The van der Waals surface area contributed by atoms with E-state index < -0.39 is 0 Å². The van der Waals surface area contributed by atoms with Crippen LogP contribution in [0.15, 0.2) is 23.3 Å². The Hall–Kier alpha value is -2.24. The fourth-order valence-electron chi connectivity index (χ4n) is 15.5. The molecule has 8 rings (SSSR count). The van der Waals surface area contributed by atoms with Crippen molar-refractivity contribution in [2.75, 3.05) is 0 Å². The van der Waals surface area contributed by atoms with E-state index in [1.165, 1.54) is 36.8 Å². The van der Waals surface area contributed by atoms with Gasteiger partial charge in [-0.1, -0.05) is 51.0 Å². The minimum absolute atomic E-state index is 0.0756. The average Bonchev–Trinajstić information content (AvgIpc) is 3.65. The molecule has 0 amide bonds. The van der Waals surface area contributed by atoms with Gasteiger partial charge in [-0.2, -0.15) is 0 Å². The number of Topliss-reactive ketones (excluding diaryl/α,β-unsaturated/α-hetero) is 2. The first-order valence-corrected chi connectivity index (χ1v) is 21.5. The van der Waals surface area contributed by atoms with Crippen LogP contribution in [0.3, 0.4) is 0 Å². The first-order valence-electron chi connectivity index (χ1n) is 21.5. The van der Waals surface area contributed by atoms with Gasteiger partial charge in [-0.25, -0.2) is 0 Å². The molecule has 0 aliphatic heterocycles. The van der Waals surface area contributed by atoms with Gasteiger partial charge >= 0.3 is 11.9 Å². The second-order valence-electron chi connectivity index (χ2n) is 20.3. The van der Waals surface area contributed by atoms with Crippen molar-refractivity contribution in [3.8, 4) is 0 Å². The molecular weight excluding hydrogens is 649 g/mol. The standard InChI is InChI=1S/C46H66O6/c1-27(47)35-11-13-37-33-9-7-29-25-31(17-21-43(29,3)39(33)19-23-45(35,37)5)51-41(49)15-16-42(50)52-32-18-22-44(4)30(26-32)8-10-34-38-14-12-36(28(2)48)46(38,6)24-20-40(34)44/h7-8,31-40H,9-26H2,1-6H3/t31?,32?,33-,34?,35+,36?,37-,38?,39-,40?,43-,44?,45+,46?/m0/s1. The molecule has 0 aromatic heterocycles. The first-order chi connectivity index (χ1) is 24.7. The van der Waals surface area contributed by atoms with Crippen LogP contribution >= 0.6 is 0 Å². The van der Waals surface area contributed by atoms with Crippen molar-refractivity contribution in [3.05, 3.63) is 23.3 Å². The van der Waals surface area contributed by atoms with Gasteiger partial charge in [-0.05, 0) is 161 Å². The summed E-state index contributed by atoms with van der Waals surface area (Å²) in [4.78, 5) is 51.1. The van der Waals surface area contributed by atoms with Gasteiger partial charge < -0.3 is 9.47 Å². The summed E-state index contributed by atoms with van der Waals surface area (Å²) < 4.78 is 12.1. The Kier molecular flexibility index (Phi) is 9.33. The molecule has 6 nitrogen and oxygen atoms in total. The third-order valence-electron chi connectivity index (χ3n) is 18.2. The van der Waals surface area contributed by atoms with Crippen LogP contribution in [0.2, 0.25) is 0 Å². The Bertz CT molecular complexity index is 1440. The van der Waals surface area contributed by atoms with Gasteiger partial charge in [0.1, 0.15) is 23.8 Å². The Labute approximate surface area is 313 Å². The topological polar surface area (TPSA) is 86.7 Å². The zero-order valence-corrected chi connectivity index (χ0v) is 33.1. The second kappa shape index (κ2) is 13.2. The van der Waals surface area contributed by atoms with Crippen molar-refractivity contribution >= 4 is 23.5 Å². The van der Waals surface area contributed by atoms with Crippen LogP contribution in [0.1, 0.15) is 157 Å². The number of carbonyl (C=O) groups is 4. The molecule has 6 fully saturated rings. The molecule has 0 N–H and O–H groups in total. The number of hydrogen-bond donors (Lipinski definition) is 0. The predicted octanol–water partition coefficient (Wildman–Crippen LogP) is 9.93. The number of esters is 2. The SMILES string of the molecule is CC(=O)C1CCC2C3CC=C4CC(OC(=O)CCC(=O)OC5CC[C@@]6(C)C(=CC[C@H]7[C@@H]8CC[C@H](C(C)=O)[C@@]8(C)CC[C@@H]76)C5)CCC4(C)C3CCC12C. The molecule has 0 heterocycles. The molecule has 14 atom stereocenters. The van der Waals surface area contributed by atoms with Crippen LogP contribution in [-0.4, -0.2) is 35.7 Å². The van der Waals surface area contributed by atoms with Gasteiger partial charge in [-0.15, -0.1) is 0 Å². The van der Waals surface area contributed by atoms with Crippen molar-refractivity contribution in [2.45, 2.75) is 169 Å². The highest BCUT2D eigenvalue weighted by atomic mass is 16.6. The summed E-state index contributed by atoms with van der Waals surface area (Å²) >= 11 is 0. The Morgan fingerprint density at radius 2 is 0.962 bits per heavy atom. The third kappa shape index (κ3) is 5.75. The molecule has 0 aromatic carbocycles. The first kappa shape index (κ1) is 36.7. The number of ether oxygens (including phenoxy) is 2. The van der Waals surface area contributed by atoms with Crippen LogP contribution in [0.5, 0.6) is 0 Å². The lowest BCUT2D eigenvalue weighted by atomic mass is 9.47. The van der Waals surface area contributed by atoms with Gasteiger partial charge in [0.2, 0.25) is 0 Å². The van der Waals surface area contributed by atoms with Crippen molar-refractivity contribution < 1.29 is 28.7 Å². The lowest BCUT2D eigenvalue weighted by Crippen LogP contribution is -2.51. The number of allylic oxidation sites excluding steroid dienone is 2. The van der Waals surface area contributed by atoms with Crippen LogP contribution in [-0.2, 0) is 28.7 Å². The number of ketones is 2. The highest BCUT2D eigenvalue weighted by Crippen LogP contribution is 2.68. The molecule has 8 aliphatic carbocycles. The van der Waals surface area contributed by atoms with E-state index in [0.717, 1.165) is 77.0 Å². The maximum atomic E-state index is 13.0. The Morgan fingerprint density at radius 3 is 1.35 bits per heavy atom. The van der Waals surface area contributed by atoms with E-state index in [1.54, 1.807) is 13.8 Å². The number of rotatable bonds is 7. The number of carbonyl (C=O) groups excluding carboxylic acids is 4. The molecule has 6 saturated carbocycles. The fraction of sp³-hybridized carbons (Fsp3) is 0.826. The van der Waals surface area contributed by atoms with Crippen molar-refractivity contribution in [1.29, 1.82) is 0 Å². The molecule has 8 unspecified atom stereocenters. The minimum atomic E-state index is -0.282. The second-order valence-corrected chi connectivity index (χ2v) is 20.3. The molecule has 0 radical (unpaired) electrons. The summed E-state index contributed by atoms with van der Waals surface area (Å²) in [7, 11) is 0. The van der Waals surface area contributed by atoms with E-state index in [0.29, 0.717) is 47.1 Å². The van der Waals surface area contributed by atoms with Crippen molar-refractivity contribution in [2.24, 2.45) is 69.0 Å². The molecule has 52 heavy (non-hydrogen) atoms. The normalized spacial score (nSPS) is 47.6. The summed E-state index contributed by atoms with van der Waals surface area (Å²) in [6, 6.07) is 0. The molecule has 0 aromatic rings. The molecule has 6 heteroatoms. The molecule has 286 valence electrons. The van der Waals surface area contributed by atoms with E-state index in [-0.39, 0.29) is 70.5 Å². The van der Waals surface area contributed by atoms with E-state index >= 15 is 0 Å². The number of hydrogen-bond acceptors (Lipinski definition) is 6. The third-order valence-corrected chi connectivity index (χ3v) is 18.2. The highest BCUT2D eigenvalue weighted by molar-refractivity contribution is 5.80. The summed E-state index contributed by atoms with van der Waals surface area (Å²) in [5, 5.41) is 0. The molecular formula is C46H66O6. The van der Waals surface area contributed by atoms with E-state index in [4.69, 9.17) is 9.47 Å². The van der Waals surface area contributed by atoms with Gasteiger partial charge in [0, 0.05) is 24.7 Å². The van der Waals surface area contributed by atoms with Crippen molar-refractivity contribution in [3.63, 3.8) is 0 Å². The zero-order chi connectivity index (χ0) is 36.8. The lowest BCUT2D eigenvalue weighted by molar-refractivity contribution is -0.158. The molecule has 0 bridgehead atoms. The van der Waals surface area contributed by atoms with Crippen LogP contribution in [0, 0.1) is 69.0 Å². The largest absolute Gasteiger partial charge is 0.462 e. The Balaban J connectivity index is 0.813. The fourth-order valence-corrected chi connectivity index (χ4v) is 15.5. The quantitative estimate of drug-likeness (QED) is 0.193. The number of fused-ring (bicyclic) bond motifs is 10. The van der Waals surface area contributed by atoms with E-state index in [1.807, 2.05) is 0 Å². The maximum Gasteiger partial charge on any atom is 0.306 e. The smallest absolute Gasteiger partial charge is 0.306 e. The van der Waals surface area contributed by atoms with Gasteiger partial charge in [0.05, 0.1) is 12.8 Å². The summed E-state index contributed by atoms with van der Waals surface area (Å²) in [6.07, 6.45) is 21.7. The van der Waals surface area contributed by atoms with E-state index in [9.17, 15) is 19.2 Å². The van der Waals surface area contributed by atoms with E-state index in [2.05, 4.69) is 39.8 Å². The molecule has 0 spiro atoms. The zero-order valence-electron chi connectivity index (χ0n) is 33.1. The summed E-state index contributed by atoms with van der Waals surface area (Å²) in [6.45, 7) is 13.3. The average molecular weight is 715 g/mol. The van der Waals surface area contributed by atoms with Gasteiger partial charge in [0.15, 0.2) is 0 Å². The van der Waals surface area contributed by atoms with Gasteiger partial charge in [0.25, 0.3) is 0 Å². The summed E-state index contributed by atoms with van der Waals surface area (Å²) in [5.41, 5.74) is 3.58. The monoisotopic (exact) mass is 714 g/mol. The molecule has 0 saturated heterocycles. The van der Waals surface area contributed by atoms with Crippen LogP contribution in [0.25, 0.3) is 0 Å². The summed E-state index contributed by atoms with van der Waals surface area (Å²) in [5.74, 6) is 4.55. The van der Waals surface area contributed by atoms with Crippen molar-refractivity contribution in [1.82, 2.24) is 0 Å². The highest BCUT2D eigenvalue weighted by Gasteiger charge is 2.61. The maximum absolute atomic E-state index is 13.0. The van der Waals surface area contributed by atoms with Gasteiger partial charge in [-0.3, -0.25) is 19.2 Å². The van der Waals surface area contributed by atoms with Crippen LogP contribution < -0.4 is 0 Å².